The summed E-state index contributed by atoms with van der Waals surface area (Å²) in [5.74, 6) is -0.174. The fourth-order valence-electron chi connectivity index (χ4n) is 3.62. The summed E-state index contributed by atoms with van der Waals surface area (Å²) < 4.78 is 1.74. The highest BCUT2D eigenvalue weighted by Crippen LogP contribution is 2.35. The van der Waals surface area contributed by atoms with E-state index >= 15 is 0 Å². The zero-order valence-corrected chi connectivity index (χ0v) is 15.1. The van der Waals surface area contributed by atoms with E-state index in [2.05, 4.69) is 22.5 Å². The maximum absolute atomic E-state index is 12.5. The summed E-state index contributed by atoms with van der Waals surface area (Å²) in [7, 11) is 1.85. The number of aryl methyl sites for hydroxylation is 2. The lowest BCUT2D eigenvalue weighted by Gasteiger charge is -2.35. The van der Waals surface area contributed by atoms with E-state index < -0.39 is 0 Å². The Morgan fingerprint density at radius 3 is 2.56 bits per heavy atom. The maximum Gasteiger partial charge on any atom is 0.271 e. The molecule has 0 radical (unpaired) electrons. The van der Waals surface area contributed by atoms with E-state index in [-0.39, 0.29) is 17.9 Å². The van der Waals surface area contributed by atoms with Crippen molar-refractivity contribution in [3.05, 3.63) is 41.6 Å². The van der Waals surface area contributed by atoms with Gasteiger partial charge in [0.25, 0.3) is 5.91 Å². The Morgan fingerprint density at radius 1 is 1.24 bits per heavy atom. The first-order valence-corrected chi connectivity index (χ1v) is 9.03. The molecule has 2 N–H and O–H groups in total. The third-order valence-corrected chi connectivity index (χ3v) is 5.33. The SMILES string of the molecule is Cc1ccc(-c2cc(C(=O)NCC3(CO)CCCCC3)nn2C)cc1. The van der Waals surface area contributed by atoms with Gasteiger partial charge >= 0.3 is 0 Å². The zero-order chi connectivity index (χ0) is 17.9. The van der Waals surface area contributed by atoms with Crippen LogP contribution in [-0.4, -0.2) is 33.9 Å². The molecule has 1 heterocycles. The van der Waals surface area contributed by atoms with Crippen molar-refractivity contribution in [1.82, 2.24) is 15.1 Å². The van der Waals surface area contributed by atoms with Crippen molar-refractivity contribution in [1.29, 1.82) is 0 Å². The summed E-state index contributed by atoms with van der Waals surface area (Å²) in [4.78, 5) is 12.5. The van der Waals surface area contributed by atoms with Gasteiger partial charge in [-0.3, -0.25) is 9.48 Å². The highest BCUT2D eigenvalue weighted by Gasteiger charge is 2.32. The van der Waals surface area contributed by atoms with E-state index in [1.165, 1.54) is 12.0 Å². The Morgan fingerprint density at radius 2 is 1.92 bits per heavy atom. The number of aliphatic hydroxyl groups is 1. The molecule has 2 aromatic rings. The number of carbonyl (C=O) groups excluding carboxylic acids is 1. The van der Waals surface area contributed by atoms with Crippen LogP contribution in [0.3, 0.4) is 0 Å². The number of hydrogen-bond acceptors (Lipinski definition) is 3. The summed E-state index contributed by atoms with van der Waals surface area (Å²) >= 11 is 0. The van der Waals surface area contributed by atoms with Gasteiger partial charge in [0, 0.05) is 19.0 Å². The van der Waals surface area contributed by atoms with E-state index in [9.17, 15) is 9.90 Å². The molecule has 1 aliphatic carbocycles. The average molecular weight is 341 g/mol. The molecule has 0 unspecified atom stereocenters. The van der Waals surface area contributed by atoms with Crippen molar-refractivity contribution in [3.8, 4) is 11.3 Å². The van der Waals surface area contributed by atoms with Crippen LogP contribution in [0.4, 0.5) is 0 Å². The molecule has 5 nitrogen and oxygen atoms in total. The lowest BCUT2D eigenvalue weighted by molar-refractivity contribution is 0.0715. The lowest BCUT2D eigenvalue weighted by Crippen LogP contribution is -2.41. The smallest absolute Gasteiger partial charge is 0.271 e. The normalized spacial score (nSPS) is 16.6. The third kappa shape index (κ3) is 3.93. The van der Waals surface area contributed by atoms with Crippen molar-refractivity contribution < 1.29 is 9.90 Å². The van der Waals surface area contributed by atoms with Crippen LogP contribution in [0.15, 0.2) is 30.3 Å². The molecule has 0 aliphatic heterocycles. The number of hydrogen-bond donors (Lipinski definition) is 2. The monoisotopic (exact) mass is 341 g/mol. The molecule has 134 valence electrons. The molecule has 0 spiro atoms. The van der Waals surface area contributed by atoms with Gasteiger partial charge in [0.2, 0.25) is 0 Å². The minimum Gasteiger partial charge on any atom is -0.396 e. The van der Waals surface area contributed by atoms with Gasteiger partial charge in [0.1, 0.15) is 0 Å². The van der Waals surface area contributed by atoms with E-state index in [0.717, 1.165) is 36.9 Å². The molecule has 1 aromatic heterocycles. The Hall–Kier alpha value is -2.14. The molecule has 1 aromatic carbocycles. The summed E-state index contributed by atoms with van der Waals surface area (Å²) in [6.45, 7) is 2.69. The molecule has 1 amide bonds. The highest BCUT2D eigenvalue weighted by atomic mass is 16.3. The van der Waals surface area contributed by atoms with Crippen molar-refractivity contribution in [2.75, 3.05) is 13.2 Å². The summed E-state index contributed by atoms with van der Waals surface area (Å²) in [5.41, 5.74) is 3.41. The first kappa shape index (κ1) is 17.7. The summed E-state index contributed by atoms with van der Waals surface area (Å²) in [5, 5.41) is 17.1. The van der Waals surface area contributed by atoms with Crippen LogP contribution in [-0.2, 0) is 7.05 Å². The van der Waals surface area contributed by atoms with Gasteiger partial charge in [-0.2, -0.15) is 5.10 Å². The van der Waals surface area contributed by atoms with Gasteiger partial charge in [-0.05, 0) is 31.4 Å². The number of rotatable bonds is 5. The van der Waals surface area contributed by atoms with Gasteiger partial charge in [-0.1, -0.05) is 49.1 Å². The molecule has 25 heavy (non-hydrogen) atoms. The van der Waals surface area contributed by atoms with E-state index in [1.54, 1.807) is 4.68 Å². The molecule has 1 aliphatic rings. The van der Waals surface area contributed by atoms with Crippen LogP contribution in [0.2, 0.25) is 0 Å². The first-order chi connectivity index (χ1) is 12.0. The number of aliphatic hydroxyl groups excluding tert-OH is 1. The summed E-state index contributed by atoms with van der Waals surface area (Å²) in [6, 6.07) is 10.0. The number of aromatic nitrogens is 2. The second-order valence-electron chi connectivity index (χ2n) is 7.31. The Labute approximate surface area is 149 Å². The number of amides is 1. The van der Waals surface area contributed by atoms with Crippen LogP contribution in [0, 0.1) is 12.3 Å². The second kappa shape index (κ2) is 7.40. The second-order valence-corrected chi connectivity index (χ2v) is 7.31. The summed E-state index contributed by atoms with van der Waals surface area (Å²) in [6.07, 6.45) is 5.41. The molecular formula is C20H27N3O2. The standard InChI is InChI=1S/C20H27N3O2/c1-15-6-8-16(9-7-15)18-12-17(22-23(18)2)19(25)21-13-20(14-24)10-4-3-5-11-20/h6-9,12,24H,3-5,10-11,13-14H2,1-2H3,(H,21,25). The van der Waals surface area contributed by atoms with E-state index in [1.807, 2.05) is 32.2 Å². The van der Waals surface area contributed by atoms with Crippen LogP contribution in [0.25, 0.3) is 11.3 Å². The Balaban J connectivity index is 1.70. The fraction of sp³-hybridized carbons (Fsp3) is 0.500. The first-order valence-electron chi connectivity index (χ1n) is 9.03. The average Bonchev–Trinajstić information content (AvgIpc) is 3.03. The topological polar surface area (TPSA) is 67.2 Å². The zero-order valence-electron chi connectivity index (χ0n) is 15.1. The molecule has 1 fully saturated rings. The van der Waals surface area contributed by atoms with Gasteiger partial charge in [0.05, 0.1) is 12.3 Å². The molecule has 1 saturated carbocycles. The van der Waals surface area contributed by atoms with Crippen molar-refractivity contribution in [3.63, 3.8) is 0 Å². The van der Waals surface area contributed by atoms with Gasteiger partial charge in [-0.15, -0.1) is 0 Å². The highest BCUT2D eigenvalue weighted by molar-refractivity contribution is 5.93. The number of carbonyl (C=O) groups is 1. The van der Waals surface area contributed by atoms with E-state index in [0.29, 0.717) is 12.2 Å². The van der Waals surface area contributed by atoms with E-state index in [4.69, 9.17) is 0 Å². The molecular weight excluding hydrogens is 314 g/mol. The number of benzene rings is 1. The van der Waals surface area contributed by atoms with Crippen LogP contribution < -0.4 is 5.32 Å². The van der Waals surface area contributed by atoms with Crippen LogP contribution in [0.1, 0.15) is 48.2 Å². The molecule has 5 heteroatoms. The minimum absolute atomic E-state index is 0.129. The molecule has 0 atom stereocenters. The molecule has 3 rings (SSSR count). The Bertz CT molecular complexity index is 728. The largest absolute Gasteiger partial charge is 0.396 e. The molecule has 0 saturated heterocycles. The van der Waals surface area contributed by atoms with Gasteiger partial charge in [-0.25, -0.2) is 0 Å². The predicted octanol–water partition coefficient (Wildman–Crippen LogP) is 3.07. The third-order valence-electron chi connectivity index (χ3n) is 5.33. The van der Waals surface area contributed by atoms with Gasteiger partial charge in [0.15, 0.2) is 5.69 Å². The quantitative estimate of drug-likeness (QED) is 0.878. The van der Waals surface area contributed by atoms with Gasteiger partial charge < -0.3 is 10.4 Å². The Kier molecular flexibility index (Phi) is 5.23. The van der Waals surface area contributed by atoms with Crippen LogP contribution in [0.5, 0.6) is 0 Å². The number of nitrogens with zero attached hydrogens (tertiary/aromatic N) is 2. The predicted molar refractivity (Wildman–Crippen MR) is 98.3 cm³/mol. The van der Waals surface area contributed by atoms with Crippen LogP contribution >= 0.6 is 0 Å². The minimum atomic E-state index is -0.174. The molecule has 0 bridgehead atoms. The fourth-order valence-corrected chi connectivity index (χ4v) is 3.62. The van der Waals surface area contributed by atoms with Crippen molar-refractivity contribution >= 4 is 5.91 Å². The number of nitrogens with one attached hydrogen (secondary N) is 1. The van der Waals surface area contributed by atoms with Crippen molar-refractivity contribution in [2.24, 2.45) is 12.5 Å². The maximum atomic E-state index is 12.5. The lowest BCUT2D eigenvalue weighted by atomic mass is 9.74. The van der Waals surface area contributed by atoms with Crippen molar-refractivity contribution in [2.45, 2.75) is 39.0 Å².